The Morgan fingerprint density at radius 1 is 1.08 bits per heavy atom. The summed E-state index contributed by atoms with van der Waals surface area (Å²) in [5.41, 5.74) is 3.43. The van der Waals surface area contributed by atoms with Gasteiger partial charge in [0.25, 0.3) is 0 Å². The van der Waals surface area contributed by atoms with Gasteiger partial charge in [-0.05, 0) is 48.4 Å². The highest BCUT2D eigenvalue weighted by molar-refractivity contribution is 9.10. The molecule has 0 saturated heterocycles. The van der Waals surface area contributed by atoms with Crippen LogP contribution in [0.25, 0.3) is 0 Å². The number of hydrazone groups is 1. The minimum absolute atomic E-state index is 0.00934. The third-order valence-electron chi connectivity index (χ3n) is 6.00. The van der Waals surface area contributed by atoms with Gasteiger partial charge in [-0.1, -0.05) is 34.1 Å². The van der Waals surface area contributed by atoms with Gasteiger partial charge in [-0.2, -0.15) is 18.3 Å². The largest absolute Gasteiger partial charge is 0.493 e. The number of carbonyl (C=O) groups is 1. The third kappa shape index (κ3) is 6.45. The Balaban J connectivity index is 1.51. The van der Waals surface area contributed by atoms with Gasteiger partial charge in [-0.25, -0.2) is 5.01 Å². The molecule has 200 valence electrons. The minimum Gasteiger partial charge on any atom is -0.493 e. The third-order valence-corrected chi connectivity index (χ3v) is 6.53. The normalized spacial score (nSPS) is 15.3. The number of halogens is 4. The van der Waals surface area contributed by atoms with E-state index in [1.807, 2.05) is 30.3 Å². The average Bonchev–Trinajstić information content (AvgIpc) is 3.33. The van der Waals surface area contributed by atoms with Gasteiger partial charge in [-0.15, -0.1) is 0 Å². The maximum atomic E-state index is 12.6. The van der Waals surface area contributed by atoms with Gasteiger partial charge < -0.3 is 14.2 Å². The predicted molar refractivity (Wildman–Crippen MR) is 138 cm³/mol. The number of benzene rings is 2. The molecule has 0 saturated carbocycles. The molecule has 0 N–H and O–H groups in total. The fraction of sp³-hybridized carbons (Fsp3) is 0.296. The Morgan fingerprint density at radius 2 is 1.82 bits per heavy atom. The van der Waals surface area contributed by atoms with Gasteiger partial charge in [0.1, 0.15) is 12.4 Å². The lowest BCUT2D eigenvalue weighted by atomic mass is 9.98. The van der Waals surface area contributed by atoms with Crippen LogP contribution >= 0.6 is 15.9 Å². The minimum atomic E-state index is -4.44. The molecule has 0 spiro atoms. The molecule has 3 aromatic rings. The van der Waals surface area contributed by atoms with Gasteiger partial charge in [0.2, 0.25) is 5.91 Å². The van der Waals surface area contributed by atoms with E-state index in [0.717, 1.165) is 21.3 Å². The van der Waals surface area contributed by atoms with Crippen LogP contribution in [-0.4, -0.2) is 41.5 Å². The molecular weight excluding hydrogens is 567 g/mol. The Labute approximate surface area is 226 Å². The fourth-order valence-corrected chi connectivity index (χ4v) is 4.32. The average molecular weight is 592 g/mol. The van der Waals surface area contributed by atoms with E-state index in [0.29, 0.717) is 29.2 Å². The Morgan fingerprint density at radius 3 is 2.47 bits per heavy atom. The number of rotatable bonds is 8. The molecule has 1 aliphatic rings. The van der Waals surface area contributed by atoms with E-state index in [1.165, 1.54) is 31.3 Å². The van der Waals surface area contributed by atoms with E-state index in [2.05, 4.69) is 26.0 Å². The van der Waals surface area contributed by atoms with E-state index in [-0.39, 0.29) is 24.3 Å². The van der Waals surface area contributed by atoms with Gasteiger partial charge >= 0.3 is 6.18 Å². The van der Waals surface area contributed by atoms with E-state index in [4.69, 9.17) is 14.2 Å². The van der Waals surface area contributed by atoms with Crippen molar-refractivity contribution in [1.82, 2.24) is 9.99 Å². The van der Waals surface area contributed by atoms with Crippen LogP contribution in [0.1, 0.15) is 41.8 Å². The molecule has 0 bridgehead atoms. The van der Waals surface area contributed by atoms with Crippen molar-refractivity contribution in [3.05, 3.63) is 81.6 Å². The van der Waals surface area contributed by atoms with Crippen molar-refractivity contribution in [3.63, 3.8) is 0 Å². The van der Waals surface area contributed by atoms with E-state index in [1.54, 1.807) is 19.1 Å². The number of alkyl halides is 3. The summed E-state index contributed by atoms with van der Waals surface area (Å²) in [6, 6.07) is 14.2. The van der Waals surface area contributed by atoms with Crippen molar-refractivity contribution in [3.8, 4) is 17.2 Å². The number of carbonyl (C=O) groups excluding carboxylic acids is 1. The summed E-state index contributed by atoms with van der Waals surface area (Å²) in [5.74, 6) is 0.756. The summed E-state index contributed by atoms with van der Waals surface area (Å²) in [7, 11) is 1.50. The van der Waals surface area contributed by atoms with Crippen LogP contribution < -0.4 is 14.2 Å². The quantitative estimate of drug-likeness (QED) is 0.304. The van der Waals surface area contributed by atoms with Crippen LogP contribution in [0.4, 0.5) is 13.2 Å². The second kappa shape index (κ2) is 11.4. The van der Waals surface area contributed by atoms with Crippen LogP contribution in [-0.2, 0) is 11.4 Å². The van der Waals surface area contributed by atoms with Crippen LogP contribution in [0.3, 0.4) is 0 Å². The zero-order valence-corrected chi connectivity index (χ0v) is 22.5. The monoisotopic (exact) mass is 591 g/mol. The fourth-order valence-electron chi connectivity index (χ4n) is 4.05. The van der Waals surface area contributed by atoms with Gasteiger partial charge in [0.05, 0.1) is 24.6 Å². The molecular formula is C27H25BrF3N3O4. The highest BCUT2D eigenvalue weighted by Gasteiger charge is 2.32. The molecule has 4 rings (SSSR count). The number of aromatic nitrogens is 1. The molecule has 1 amide bonds. The van der Waals surface area contributed by atoms with Crippen molar-refractivity contribution in [2.75, 3.05) is 13.7 Å². The number of amides is 1. The number of ether oxygens (including phenoxy) is 3. The molecule has 11 heteroatoms. The van der Waals surface area contributed by atoms with E-state index in [9.17, 15) is 18.0 Å². The standard InChI is InChI=1S/C27H25BrF3N3O4/c1-16-22(32-11-10-24(16)38-15-27(29,30)31)14-37-25-9-6-19(12-26(25)36-3)23-13-21(33-34(23)17(2)35)18-4-7-20(28)8-5-18/h4-12,23H,13-15H2,1-3H3. The maximum absolute atomic E-state index is 12.6. The Bertz CT molecular complexity index is 1350. The van der Waals surface area contributed by atoms with Crippen molar-refractivity contribution in [2.45, 2.75) is 39.1 Å². The first-order valence-electron chi connectivity index (χ1n) is 11.6. The lowest BCUT2D eigenvalue weighted by Crippen LogP contribution is -2.24. The Hall–Kier alpha value is -3.60. The molecule has 1 aromatic heterocycles. The number of pyridine rings is 1. The number of hydrogen-bond acceptors (Lipinski definition) is 6. The number of hydrogen-bond donors (Lipinski definition) is 0. The summed E-state index contributed by atoms with van der Waals surface area (Å²) in [4.78, 5) is 16.6. The highest BCUT2D eigenvalue weighted by Crippen LogP contribution is 2.38. The highest BCUT2D eigenvalue weighted by atomic mass is 79.9. The molecule has 0 radical (unpaired) electrons. The summed E-state index contributed by atoms with van der Waals surface area (Å²) >= 11 is 3.43. The number of nitrogens with zero attached hydrogens (tertiary/aromatic N) is 3. The van der Waals surface area contributed by atoms with Gasteiger partial charge in [0, 0.05) is 29.6 Å². The summed E-state index contributed by atoms with van der Waals surface area (Å²) in [6.45, 7) is 1.69. The van der Waals surface area contributed by atoms with Crippen molar-refractivity contribution >= 4 is 27.5 Å². The van der Waals surface area contributed by atoms with Crippen LogP contribution in [0.2, 0.25) is 0 Å². The Kier molecular flexibility index (Phi) is 8.25. The van der Waals surface area contributed by atoms with Crippen molar-refractivity contribution in [2.24, 2.45) is 5.10 Å². The molecule has 1 unspecified atom stereocenters. The van der Waals surface area contributed by atoms with Gasteiger partial charge in [0.15, 0.2) is 18.1 Å². The van der Waals surface area contributed by atoms with Crippen LogP contribution in [0.15, 0.2) is 64.3 Å². The second-order valence-electron chi connectivity index (χ2n) is 8.62. The lowest BCUT2D eigenvalue weighted by molar-refractivity contribution is -0.153. The molecule has 0 fully saturated rings. The maximum Gasteiger partial charge on any atom is 0.422 e. The zero-order valence-electron chi connectivity index (χ0n) is 20.9. The van der Waals surface area contributed by atoms with Crippen LogP contribution in [0.5, 0.6) is 17.2 Å². The summed E-state index contributed by atoms with van der Waals surface area (Å²) in [5, 5.41) is 6.03. The molecule has 0 aliphatic carbocycles. The van der Waals surface area contributed by atoms with Gasteiger partial charge in [-0.3, -0.25) is 9.78 Å². The molecule has 38 heavy (non-hydrogen) atoms. The lowest BCUT2D eigenvalue weighted by Gasteiger charge is -2.22. The first-order valence-corrected chi connectivity index (χ1v) is 12.4. The molecule has 1 atom stereocenters. The summed E-state index contributed by atoms with van der Waals surface area (Å²) in [6.07, 6.45) is -2.54. The molecule has 7 nitrogen and oxygen atoms in total. The summed E-state index contributed by atoms with van der Waals surface area (Å²) < 4.78 is 55.0. The molecule has 2 heterocycles. The second-order valence-corrected chi connectivity index (χ2v) is 9.54. The van der Waals surface area contributed by atoms with Crippen molar-refractivity contribution in [1.29, 1.82) is 0 Å². The zero-order chi connectivity index (χ0) is 27.4. The predicted octanol–water partition coefficient (Wildman–Crippen LogP) is 6.38. The topological polar surface area (TPSA) is 73.2 Å². The smallest absolute Gasteiger partial charge is 0.422 e. The van der Waals surface area contributed by atoms with E-state index < -0.39 is 12.8 Å². The molecule has 1 aliphatic heterocycles. The SMILES string of the molecule is COc1cc(C2CC(c3ccc(Br)cc3)=NN2C(C)=O)ccc1OCc1nccc(OCC(F)(F)F)c1C. The van der Waals surface area contributed by atoms with E-state index >= 15 is 0 Å². The first kappa shape index (κ1) is 27.4. The van der Waals surface area contributed by atoms with Crippen LogP contribution in [0, 0.1) is 6.92 Å². The van der Waals surface area contributed by atoms with Crippen molar-refractivity contribution < 1.29 is 32.2 Å². The first-order chi connectivity index (χ1) is 18.1. The molecule has 2 aromatic carbocycles. The number of methoxy groups -OCH3 is 1.